The van der Waals surface area contributed by atoms with Crippen molar-refractivity contribution in [2.24, 2.45) is 11.8 Å². The van der Waals surface area contributed by atoms with E-state index in [9.17, 15) is 9.59 Å². The first-order valence-corrected chi connectivity index (χ1v) is 7.34. The summed E-state index contributed by atoms with van der Waals surface area (Å²) < 4.78 is 0. The van der Waals surface area contributed by atoms with Crippen LogP contribution < -0.4 is 5.32 Å². The number of allylic oxidation sites excluding steroid dienone is 2. The molecule has 2 unspecified atom stereocenters. The Morgan fingerprint density at radius 3 is 2.48 bits per heavy atom. The number of amides is 1. The Kier molecular flexibility index (Phi) is 5.26. The fourth-order valence-corrected chi connectivity index (χ4v) is 2.83. The van der Waals surface area contributed by atoms with Crippen molar-refractivity contribution < 1.29 is 14.7 Å². The molecule has 1 amide bonds. The monoisotopic (exact) mass is 327 g/mol. The second-order valence-electron chi connectivity index (χ2n) is 4.95. The van der Waals surface area contributed by atoms with Gasteiger partial charge in [-0.1, -0.05) is 41.4 Å². The Morgan fingerprint density at radius 2 is 1.86 bits per heavy atom. The highest BCUT2D eigenvalue weighted by Gasteiger charge is 2.33. The first-order chi connectivity index (χ1) is 9.99. The standard InChI is InChI=1S/C15H15Cl2NO3/c16-10-6-5-9(13(17)7-10)8-18-14(19)11-3-1-2-4-12(11)15(20)21/h1-2,5-7,11-12H,3-4,8H2,(H,18,19)(H,20,21). The zero-order chi connectivity index (χ0) is 15.4. The third kappa shape index (κ3) is 3.99. The summed E-state index contributed by atoms with van der Waals surface area (Å²) in [6.45, 7) is 0.251. The van der Waals surface area contributed by atoms with E-state index in [1.807, 2.05) is 6.08 Å². The van der Waals surface area contributed by atoms with Crippen LogP contribution in [0.2, 0.25) is 10.0 Å². The van der Waals surface area contributed by atoms with Crippen LogP contribution in [0.1, 0.15) is 18.4 Å². The zero-order valence-corrected chi connectivity index (χ0v) is 12.7. The summed E-state index contributed by atoms with van der Waals surface area (Å²) in [5.41, 5.74) is 0.743. The molecule has 0 aromatic heterocycles. The van der Waals surface area contributed by atoms with E-state index in [0.717, 1.165) is 5.56 Å². The van der Waals surface area contributed by atoms with E-state index in [1.165, 1.54) is 0 Å². The van der Waals surface area contributed by atoms with Crippen LogP contribution >= 0.6 is 23.2 Å². The number of carboxylic acids is 1. The molecule has 0 fully saturated rings. The van der Waals surface area contributed by atoms with Gasteiger partial charge in [-0.15, -0.1) is 0 Å². The van der Waals surface area contributed by atoms with Crippen LogP contribution in [-0.4, -0.2) is 17.0 Å². The van der Waals surface area contributed by atoms with Crippen LogP contribution in [-0.2, 0) is 16.1 Å². The first kappa shape index (κ1) is 15.9. The lowest BCUT2D eigenvalue weighted by Crippen LogP contribution is -2.38. The number of hydrogen-bond acceptors (Lipinski definition) is 2. The summed E-state index contributed by atoms with van der Waals surface area (Å²) in [4.78, 5) is 23.4. The molecule has 1 aromatic rings. The zero-order valence-electron chi connectivity index (χ0n) is 11.2. The molecule has 2 rings (SSSR count). The van der Waals surface area contributed by atoms with Gasteiger partial charge in [-0.2, -0.15) is 0 Å². The van der Waals surface area contributed by atoms with E-state index in [1.54, 1.807) is 24.3 Å². The number of carbonyl (C=O) groups excluding carboxylic acids is 1. The minimum absolute atomic E-state index is 0.251. The topological polar surface area (TPSA) is 66.4 Å². The van der Waals surface area contributed by atoms with Crippen LogP contribution in [0.15, 0.2) is 30.4 Å². The summed E-state index contributed by atoms with van der Waals surface area (Å²) in [6, 6.07) is 5.03. The lowest BCUT2D eigenvalue weighted by molar-refractivity contribution is -0.147. The van der Waals surface area contributed by atoms with E-state index in [2.05, 4.69) is 5.32 Å². The molecule has 0 aliphatic heterocycles. The number of carbonyl (C=O) groups is 2. The summed E-state index contributed by atoms with van der Waals surface area (Å²) in [6.07, 6.45) is 4.48. The lowest BCUT2D eigenvalue weighted by atomic mass is 9.82. The van der Waals surface area contributed by atoms with Gasteiger partial charge in [0.2, 0.25) is 5.91 Å². The SMILES string of the molecule is O=C(O)C1CC=CCC1C(=O)NCc1ccc(Cl)cc1Cl. The lowest BCUT2D eigenvalue weighted by Gasteiger charge is -2.24. The summed E-state index contributed by atoms with van der Waals surface area (Å²) in [7, 11) is 0. The predicted molar refractivity (Wildman–Crippen MR) is 81.3 cm³/mol. The normalized spacial score (nSPS) is 21.0. The van der Waals surface area contributed by atoms with Gasteiger partial charge in [-0.05, 0) is 30.5 Å². The third-order valence-electron chi connectivity index (χ3n) is 3.55. The maximum atomic E-state index is 12.2. The molecule has 0 saturated heterocycles. The Morgan fingerprint density at radius 1 is 1.19 bits per heavy atom. The molecule has 21 heavy (non-hydrogen) atoms. The summed E-state index contributed by atoms with van der Waals surface area (Å²) >= 11 is 11.8. The van der Waals surface area contributed by atoms with Crippen molar-refractivity contribution in [2.45, 2.75) is 19.4 Å². The van der Waals surface area contributed by atoms with Crippen molar-refractivity contribution in [3.05, 3.63) is 46.0 Å². The average molecular weight is 328 g/mol. The van der Waals surface area contributed by atoms with Crippen molar-refractivity contribution in [1.29, 1.82) is 0 Å². The van der Waals surface area contributed by atoms with Gasteiger partial charge < -0.3 is 10.4 Å². The van der Waals surface area contributed by atoms with E-state index in [-0.39, 0.29) is 12.5 Å². The molecule has 112 valence electrons. The van der Waals surface area contributed by atoms with Gasteiger partial charge >= 0.3 is 5.97 Å². The highest BCUT2D eigenvalue weighted by Crippen LogP contribution is 2.26. The molecule has 1 aromatic carbocycles. The molecule has 6 heteroatoms. The van der Waals surface area contributed by atoms with Crippen LogP contribution in [0, 0.1) is 11.8 Å². The Hall–Kier alpha value is -1.52. The van der Waals surface area contributed by atoms with Crippen molar-refractivity contribution in [3.63, 3.8) is 0 Å². The third-order valence-corrected chi connectivity index (χ3v) is 4.14. The quantitative estimate of drug-likeness (QED) is 0.834. The Labute approximate surface area is 132 Å². The van der Waals surface area contributed by atoms with Crippen molar-refractivity contribution in [2.75, 3.05) is 0 Å². The molecule has 0 radical (unpaired) electrons. The molecule has 2 N–H and O–H groups in total. The number of benzene rings is 1. The van der Waals surface area contributed by atoms with Gasteiger partial charge in [0, 0.05) is 16.6 Å². The van der Waals surface area contributed by atoms with Gasteiger partial charge in [0.05, 0.1) is 11.8 Å². The Bertz CT molecular complexity index is 586. The number of carboxylic acid groups (broad SMARTS) is 1. The molecule has 1 aliphatic rings. The maximum Gasteiger partial charge on any atom is 0.307 e. The highest BCUT2D eigenvalue weighted by atomic mass is 35.5. The maximum absolute atomic E-state index is 12.2. The van der Waals surface area contributed by atoms with Crippen LogP contribution in [0.5, 0.6) is 0 Å². The second kappa shape index (κ2) is 6.96. The molecule has 0 spiro atoms. The first-order valence-electron chi connectivity index (χ1n) is 6.58. The van der Waals surface area contributed by atoms with Crippen molar-refractivity contribution in [1.82, 2.24) is 5.32 Å². The number of hydrogen-bond donors (Lipinski definition) is 2. The fraction of sp³-hybridized carbons (Fsp3) is 0.333. The minimum atomic E-state index is -0.941. The van der Waals surface area contributed by atoms with Crippen LogP contribution in [0.4, 0.5) is 0 Å². The molecule has 0 heterocycles. The minimum Gasteiger partial charge on any atom is -0.481 e. The van der Waals surface area contributed by atoms with Gasteiger partial charge in [-0.3, -0.25) is 9.59 Å². The van der Waals surface area contributed by atoms with Gasteiger partial charge in [-0.25, -0.2) is 0 Å². The Balaban J connectivity index is 2.00. The number of halogens is 2. The highest BCUT2D eigenvalue weighted by molar-refractivity contribution is 6.35. The van der Waals surface area contributed by atoms with Crippen molar-refractivity contribution in [3.8, 4) is 0 Å². The van der Waals surface area contributed by atoms with E-state index in [4.69, 9.17) is 28.3 Å². The molecule has 2 atom stereocenters. The molecule has 0 bridgehead atoms. The van der Waals surface area contributed by atoms with E-state index >= 15 is 0 Å². The fourth-order valence-electron chi connectivity index (χ4n) is 2.36. The number of nitrogens with one attached hydrogen (secondary N) is 1. The smallest absolute Gasteiger partial charge is 0.307 e. The predicted octanol–water partition coefficient (Wildman–Crippen LogP) is 3.28. The summed E-state index contributed by atoms with van der Waals surface area (Å²) in [5, 5.41) is 12.9. The van der Waals surface area contributed by atoms with E-state index < -0.39 is 17.8 Å². The van der Waals surface area contributed by atoms with Crippen LogP contribution in [0.25, 0.3) is 0 Å². The molecule has 0 saturated carbocycles. The molecular formula is C15H15Cl2NO3. The number of rotatable bonds is 4. The molecule has 1 aliphatic carbocycles. The molecule has 4 nitrogen and oxygen atoms in total. The average Bonchev–Trinajstić information content (AvgIpc) is 2.46. The van der Waals surface area contributed by atoms with Crippen molar-refractivity contribution >= 4 is 35.1 Å². The second-order valence-corrected chi connectivity index (χ2v) is 5.79. The van der Waals surface area contributed by atoms with Gasteiger partial charge in [0.15, 0.2) is 0 Å². The van der Waals surface area contributed by atoms with E-state index in [0.29, 0.717) is 22.9 Å². The van der Waals surface area contributed by atoms with Crippen LogP contribution in [0.3, 0.4) is 0 Å². The summed E-state index contributed by atoms with van der Waals surface area (Å²) in [5.74, 6) is -2.42. The van der Waals surface area contributed by atoms with Gasteiger partial charge in [0.25, 0.3) is 0 Å². The number of aliphatic carboxylic acids is 1. The molecular weight excluding hydrogens is 313 g/mol. The largest absolute Gasteiger partial charge is 0.481 e. The van der Waals surface area contributed by atoms with Gasteiger partial charge in [0.1, 0.15) is 0 Å².